The second-order valence-electron chi connectivity index (χ2n) is 4.99. The molecule has 106 valence electrons. The number of halogens is 2. The van der Waals surface area contributed by atoms with Gasteiger partial charge in [0.05, 0.1) is 0 Å². The molecule has 0 aliphatic rings. The Morgan fingerprint density at radius 1 is 1.20 bits per heavy atom. The lowest BCUT2D eigenvalue weighted by Gasteiger charge is -2.25. The predicted octanol–water partition coefficient (Wildman–Crippen LogP) is 4.88. The monoisotopic (exact) mass is 352 g/mol. The highest BCUT2D eigenvalue weighted by atomic mass is 79.9. The summed E-state index contributed by atoms with van der Waals surface area (Å²) in [5.41, 5.74) is 9.25. The van der Waals surface area contributed by atoms with Crippen molar-refractivity contribution in [2.75, 3.05) is 12.8 Å². The molecule has 0 bridgehead atoms. The molecule has 1 unspecified atom stereocenters. The molecule has 2 nitrogen and oxygen atoms in total. The van der Waals surface area contributed by atoms with Gasteiger partial charge in [-0.2, -0.15) is 0 Å². The van der Waals surface area contributed by atoms with Crippen molar-refractivity contribution >= 4 is 33.2 Å². The third-order valence-corrected chi connectivity index (χ3v) is 4.29. The van der Waals surface area contributed by atoms with E-state index in [1.165, 1.54) is 5.56 Å². The van der Waals surface area contributed by atoms with Gasteiger partial charge in [0.1, 0.15) is 0 Å². The zero-order chi connectivity index (χ0) is 14.7. The van der Waals surface area contributed by atoms with E-state index in [0.717, 1.165) is 27.3 Å². The van der Waals surface area contributed by atoms with E-state index >= 15 is 0 Å². The molecule has 0 aromatic heterocycles. The molecule has 0 radical (unpaired) electrons. The molecule has 0 aliphatic heterocycles. The topological polar surface area (TPSA) is 29.3 Å². The van der Waals surface area contributed by atoms with E-state index in [-0.39, 0.29) is 0 Å². The molecule has 2 aromatic rings. The summed E-state index contributed by atoms with van der Waals surface area (Å²) in [5.74, 6) is 0. The van der Waals surface area contributed by atoms with Gasteiger partial charge in [-0.15, -0.1) is 0 Å². The van der Waals surface area contributed by atoms with E-state index in [4.69, 9.17) is 17.3 Å². The van der Waals surface area contributed by atoms with E-state index in [0.29, 0.717) is 6.04 Å². The first-order valence-electron chi connectivity index (χ1n) is 6.47. The number of hydrogen-bond donors (Lipinski definition) is 1. The zero-order valence-electron chi connectivity index (χ0n) is 11.6. The molecular formula is C16H18BrClN2. The van der Waals surface area contributed by atoms with Crippen LogP contribution < -0.4 is 5.73 Å². The van der Waals surface area contributed by atoms with Crippen LogP contribution in [-0.4, -0.2) is 11.9 Å². The lowest BCUT2D eigenvalue weighted by Crippen LogP contribution is -2.22. The molecule has 0 aliphatic carbocycles. The second kappa shape index (κ2) is 6.61. The van der Waals surface area contributed by atoms with E-state index in [1.54, 1.807) is 0 Å². The molecule has 0 heterocycles. The van der Waals surface area contributed by atoms with Crippen LogP contribution in [0.15, 0.2) is 46.9 Å². The minimum Gasteiger partial charge on any atom is -0.398 e. The van der Waals surface area contributed by atoms with E-state index in [2.05, 4.69) is 53.0 Å². The standard InChI is InChI=1S/C16H18BrClN2/c1-11(12-4-7-15(18)8-5-12)20(2)10-13-3-6-14(17)9-16(13)19/h3-9,11H,10,19H2,1-2H3. The van der Waals surface area contributed by atoms with Gasteiger partial charge >= 0.3 is 0 Å². The first kappa shape index (κ1) is 15.4. The lowest BCUT2D eigenvalue weighted by atomic mass is 10.1. The fraction of sp³-hybridized carbons (Fsp3) is 0.250. The summed E-state index contributed by atoms with van der Waals surface area (Å²) in [7, 11) is 2.10. The van der Waals surface area contributed by atoms with Crippen molar-refractivity contribution < 1.29 is 0 Å². The van der Waals surface area contributed by atoms with Crippen LogP contribution in [0.25, 0.3) is 0 Å². The molecule has 2 aromatic carbocycles. The summed E-state index contributed by atoms with van der Waals surface area (Å²) in [5, 5.41) is 0.765. The van der Waals surface area contributed by atoms with Crippen LogP contribution in [0.5, 0.6) is 0 Å². The van der Waals surface area contributed by atoms with Crippen LogP contribution in [0.2, 0.25) is 5.02 Å². The Morgan fingerprint density at radius 3 is 2.45 bits per heavy atom. The van der Waals surface area contributed by atoms with Crippen molar-refractivity contribution in [3.05, 3.63) is 63.1 Å². The summed E-state index contributed by atoms with van der Waals surface area (Å²) in [6.45, 7) is 2.99. The second-order valence-corrected chi connectivity index (χ2v) is 6.34. The smallest absolute Gasteiger partial charge is 0.0406 e. The van der Waals surface area contributed by atoms with Crippen molar-refractivity contribution in [2.24, 2.45) is 0 Å². The van der Waals surface area contributed by atoms with Crippen LogP contribution in [0.1, 0.15) is 24.1 Å². The number of rotatable bonds is 4. The van der Waals surface area contributed by atoms with Gasteiger partial charge in [-0.05, 0) is 49.4 Å². The summed E-state index contributed by atoms with van der Waals surface area (Å²) in [6.07, 6.45) is 0. The maximum absolute atomic E-state index is 6.05. The van der Waals surface area contributed by atoms with Crippen molar-refractivity contribution in [3.63, 3.8) is 0 Å². The molecule has 2 N–H and O–H groups in total. The normalized spacial score (nSPS) is 12.7. The predicted molar refractivity (Wildman–Crippen MR) is 89.9 cm³/mol. The summed E-state index contributed by atoms with van der Waals surface area (Å²) in [6, 6.07) is 14.3. The molecule has 0 saturated carbocycles. The lowest BCUT2D eigenvalue weighted by molar-refractivity contribution is 0.253. The molecular weight excluding hydrogens is 336 g/mol. The SMILES string of the molecule is CC(c1ccc(Cl)cc1)N(C)Cc1ccc(Br)cc1N. The number of nitrogen functional groups attached to an aromatic ring is 1. The highest BCUT2D eigenvalue weighted by Gasteiger charge is 2.13. The minimum atomic E-state index is 0.301. The Hall–Kier alpha value is -1.03. The van der Waals surface area contributed by atoms with Crippen LogP contribution in [-0.2, 0) is 6.54 Å². The molecule has 0 fully saturated rings. The van der Waals surface area contributed by atoms with Crippen LogP contribution in [0, 0.1) is 0 Å². The van der Waals surface area contributed by atoms with Crippen molar-refractivity contribution in [1.82, 2.24) is 4.90 Å². The summed E-state index contributed by atoms with van der Waals surface area (Å²) < 4.78 is 1.01. The highest BCUT2D eigenvalue weighted by molar-refractivity contribution is 9.10. The van der Waals surface area contributed by atoms with Gasteiger partial charge in [0.15, 0.2) is 0 Å². The van der Waals surface area contributed by atoms with Crippen LogP contribution in [0.3, 0.4) is 0 Å². The highest BCUT2D eigenvalue weighted by Crippen LogP contribution is 2.25. The molecule has 0 saturated heterocycles. The van der Waals surface area contributed by atoms with Gasteiger partial charge in [0, 0.05) is 27.8 Å². The van der Waals surface area contributed by atoms with Gasteiger partial charge in [0.2, 0.25) is 0 Å². The molecule has 0 amide bonds. The maximum Gasteiger partial charge on any atom is 0.0406 e. The Bertz CT molecular complexity index is 584. The fourth-order valence-corrected chi connectivity index (χ4v) is 2.62. The minimum absolute atomic E-state index is 0.301. The number of nitrogens with two attached hydrogens (primary N) is 1. The molecule has 20 heavy (non-hydrogen) atoms. The summed E-state index contributed by atoms with van der Waals surface area (Å²) in [4.78, 5) is 2.27. The number of hydrogen-bond acceptors (Lipinski definition) is 2. The number of nitrogens with zero attached hydrogens (tertiary/aromatic N) is 1. The molecule has 4 heteroatoms. The maximum atomic E-state index is 6.05. The quantitative estimate of drug-likeness (QED) is 0.794. The van der Waals surface area contributed by atoms with E-state index in [9.17, 15) is 0 Å². The van der Waals surface area contributed by atoms with Crippen molar-refractivity contribution in [3.8, 4) is 0 Å². The average Bonchev–Trinajstić information content (AvgIpc) is 2.42. The van der Waals surface area contributed by atoms with Crippen LogP contribution in [0.4, 0.5) is 5.69 Å². The Morgan fingerprint density at radius 2 is 1.85 bits per heavy atom. The fourth-order valence-electron chi connectivity index (χ4n) is 2.11. The Balaban J connectivity index is 2.11. The first-order valence-corrected chi connectivity index (χ1v) is 7.64. The Labute approximate surface area is 133 Å². The summed E-state index contributed by atoms with van der Waals surface area (Å²) >= 11 is 9.36. The third kappa shape index (κ3) is 3.75. The first-order chi connectivity index (χ1) is 9.47. The number of benzene rings is 2. The van der Waals surface area contributed by atoms with Gasteiger partial charge < -0.3 is 5.73 Å². The van der Waals surface area contributed by atoms with Crippen LogP contribution >= 0.6 is 27.5 Å². The van der Waals surface area contributed by atoms with Gasteiger partial charge in [-0.25, -0.2) is 0 Å². The van der Waals surface area contributed by atoms with E-state index < -0.39 is 0 Å². The molecule has 1 atom stereocenters. The van der Waals surface area contributed by atoms with Gasteiger partial charge in [-0.1, -0.05) is 45.7 Å². The number of anilines is 1. The molecule has 0 spiro atoms. The van der Waals surface area contributed by atoms with Gasteiger partial charge in [-0.3, -0.25) is 4.90 Å². The molecule has 2 rings (SSSR count). The van der Waals surface area contributed by atoms with Crippen molar-refractivity contribution in [2.45, 2.75) is 19.5 Å². The Kier molecular flexibility index (Phi) is 5.08. The van der Waals surface area contributed by atoms with E-state index in [1.807, 2.05) is 24.3 Å². The third-order valence-electron chi connectivity index (χ3n) is 3.54. The zero-order valence-corrected chi connectivity index (χ0v) is 13.9. The van der Waals surface area contributed by atoms with Gasteiger partial charge in [0.25, 0.3) is 0 Å². The van der Waals surface area contributed by atoms with Crippen molar-refractivity contribution in [1.29, 1.82) is 0 Å². The largest absolute Gasteiger partial charge is 0.398 e. The average molecular weight is 354 g/mol.